The Balaban J connectivity index is 0.000000860. The van der Waals surface area contributed by atoms with Crippen LogP contribution in [0.4, 0.5) is 8.78 Å². The standard InChI is InChI=1S/C19H15ClF2N4S2.2C2H6/c1-11-15-14(20)9-13(27-10-12-5-3-2-4-6-12)7-8-26(15)17(23-11)19-25-24-18(28-19)16(21)22;2*1-2/h2-9,13,16H,10H2,1H3;2*1-2H3. The first-order valence-electron chi connectivity index (χ1n) is 10.4. The fraction of sp³-hybridized carbons (Fsp3) is 0.348. The van der Waals surface area contributed by atoms with Crippen molar-refractivity contribution in [3.63, 3.8) is 0 Å². The number of aryl methyl sites for hydroxylation is 1. The minimum absolute atomic E-state index is 0.0749. The highest BCUT2D eigenvalue weighted by molar-refractivity contribution is 7.99. The maximum atomic E-state index is 12.9. The van der Waals surface area contributed by atoms with Gasteiger partial charge in [0.2, 0.25) is 0 Å². The summed E-state index contributed by atoms with van der Waals surface area (Å²) in [5.41, 5.74) is 2.69. The lowest BCUT2D eigenvalue weighted by Crippen LogP contribution is -1.95. The van der Waals surface area contributed by atoms with Crippen LogP contribution in [-0.4, -0.2) is 25.0 Å². The van der Waals surface area contributed by atoms with Crippen molar-refractivity contribution < 1.29 is 8.78 Å². The molecule has 172 valence electrons. The minimum atomic E-state index is -2.65. The van der Waals surface area contributed by atoms with Crippen LogP contribution in [0.3, 0.4) is 0 Å². The van der Waals surface area contributed by atoms with E-state index in [4.69, 9.17) is 11.6 Å². The van der Waals surface area contributed by atoms with Gasteiger partial charge >= 0.3 is 0 Å². The molecule has 3 heterocycles. The molecule has 2 aromatic heterocycles. The molecule has 1 aliphatic rings. The van der Waals surface area contributed by atoms with Gasteiger partial charge < -0.3 is 0 Å². The molecule has 0 amide bonds. The van der Waals surface area contributed by atoms with E-state index in [1.54, 1.807) is 16.3 Å². The Morgan fingerprint density at radius 3 is 2.44 bits per heavy atom. The molecular weight excluding hydrogens is 470 g/mol. The maximum absolute atomic E-state index is 12.9. The van der Waals surface area contributed by atoms with E-state index in [-0.39, 0.29) is 10.3 Å². The van der Waals surface area contributed by atoms with Crippen LogP contribution in [0, 0.1) is 6.92 Å². The molecule has 1 unspecified atom stereocenters. The summed E-state index contributed by atoms with van der Waals surface area (Å²) in [6, 6.07) is 10.2. The summed E-state index contributed by atoms with van der Waals surface area (Å²) in [6.07, 6.45) is 3.23. The highest BCUT2D eigenvalue weighted by Crippen LogP contribution is 2.36. The Labute approximate surface area is 201 Å². The predicted molar refractivity (Wildman–Crippen MR) is 134 cm³/mol. The lowest BCUT2D eigenvalue weighted by atomic mass is 10.2. The van der Waals surface area contributed by atoms with Crippen LogP contribution < -0.4 is 0 Å². The van der Waals surface area contributed by atoms with Crippen molar-refractivity contribution in [3.05, 3.63) is 64.4 Å². The van der Waals surface area contributed by atoms with Gasteiger partial charge in [-0.15, -0.1) is 22.0 Å². The molecule has 0 spiro atoms. The molecule has 0 radical (unpaired) electrons. The Bertz CT molecular complexity index is 1050. The van der Waals surface area contributed by atoms with Gasteiger partial charge in [-0.3, -0.25) is 4.57 Å². The minimum Gasteiger partial charge on any atom is -0.296 e. The number of hydrogen-bond donors (Lipinski definition) is 0. The summed E-state index contributed by atoms with van der Waals surface area (Å²) in [5.74, 6) is 1.32. The average Bonchev–Trinajstić information content (AvgIpc) is 3.39. The summed E-state index contributed by atoms with van der Waals surface area (Å²) in [6.45, 7) is 9.84. The van der Waals surface area contributed by atoms with Gasteiger partial charge in [0.15, 0.2) is 15.8 Å². The van der Waals surface area contributed by atoms with E-state index in [1.807, 2.05) is 71.2 Å². The van der Waals surface area contributed by atoms with Crippen molar-refractivity contribution in [2.24, 2.45) is 0 Å². The smallest absolute Gasteiger partial charge is 0.291 e. The second-order valence-corrected chi connectivity index (χ2v) is 8.69. The number of benzene rings is 1. The second kappa shape index (κ2) is 12.9. The van der Waals surface area contributed by atoms with Crippen molar-refractivity contribution in [1.82, 2.24) is 19.7 Å². The zero-order valence-corrected chi connectivity index (χ0v) is 21.1. The third kappa shape index (κ3) is 6.27. The average molecular weight is 497 g/mol. The molecule has 1 aliphatic heterocycles. The molecular formula is C23H27ClF2N4S2. The number of fused-ring (bicyclic) bond motifs is 1. The van der Waals surface area contributed by atoms with Crippen LogP contribution in [0.15, 0.2) is 42.5 Å². The first kappa shape index (κ1) is 26.2. The first-order chi connectivity index (χ1) is 15.5. The Hall–Kier alpha value is -2.03. The van der Waals surface area contributed by atoms with E-state index in [0.717, 1.165) is 22.8 Å². The zero-order chi connectivity index (χ0) is 23.7. The molecule has 4 rings (SSSR count). The highest BCUT2D eigenvalue weighted by Gasteiger charge is 2.24. The van der Waals surface area contributed by atoms with Crippen LogP contribution >= 0.6 is 34.7 Å². The third-order valence-electron chi connectivity index (χ3n) is 4.15. The molecule has 0 fully saturated rings. The molecule has 4 nitrogen and oxygen atoms in total. The summed E-state index contributed by atoms with van der Waals surface area (Å²) in [7, 11) is 0. The van der Waals surface area contributed by atoms with E-state index in [2.05, 4.69) is 27.3 Å². The molecule has 1 aromatic carbocycles. The van der Waals surface area contributed by atoms with E-state index in [9.17, 15) is 8.78 Å². The quantitative estimate of drug-likeness (QED) is 0.358. The highest BCUT2D eigenvalue weighted by atomic mass is 35.5. The van der Waals surface area contributed by atoms with Gasteiger partial charge in [0.05, 0.1) is 16.4 Å². The van der Waals surface area contributed by atoms with E-state index >= 15 is 0 Å². The summed E-state index contributed by atoms with van der Waals surface area (Å²) >= 11 is 9.17. The van der Waals surface area contributed by atoms with Gasteiger partial charge in [-0.2, -0.15) is 0 Å². The van der Waals surface area contributed by atoms with Crippen molar-refractivity contribution in [3.8, 4) is 10.8 Å². The number of thioether (sulfide) groups is 1. The summed E-state index contributed by atoms with van der Waals surface area (Å²) in [4.78, 5) is 4.49. The first-order valence-corrected chi connectivity index (χ1v) is 12.7. The van der Waals surface area contributed by atoms with Gasteiger partial charge in [-0.05, 0) is 18.6 Å². The van der Waals surface area contributed by atoms with Crippen molar-refractivity contribution in [2.45, 2.75) is 52.0 Å². The second-order valence-electron chi connectivity index (χ2n) is 6.10. The number of alkyl halides is 2. The summed E-state index contributed by atoms with van der Waals surface area (Å²) in [5, 5.41) is 8.12. The Morgan fingerprint density at radius 2 is 1.81 bits per heavy atom. The Kier molecular flexibility index (Phi) is 10.5. The number of imidazole rings is 1. The number of rotatable bonds is 5. The van der Waals surface area contributed by atoms with Crippen LogP contribution in [0.25, 0.3) is 22.1 Å². The van der Waals surface area contributed by atoms with Crippen LogP contribution in [0.1, 0.15) is 56.1 Å². The number of nitrogens with zero attached hydrogens (tertiary/aromatic N) is 4. The van der Waals surface area contributed by atoms with Crippen molar-refractivity contribution >= 4 is 45.9 Å². The van der Waals surface area contributed by atoms with Gasteiger partial charge in [-0.1, -0.05) is 87.0 Å². The van der Waals surface area contributed by atoms with E-state index in [1.165, 1.54) is 5.56 Å². The fourth-order valence-electron chi connectivity index (χ4n) is 2.86. The molecule has 32 heavy (non-hydrogen) atoms. The van der Waals surface area contributed by atoms with Gasteiger partial charge in [0.25, 0.3) is 6.43 Å². The zero-order valence-electron chi connectivity index (χ0n) is 18.7. The van der Waals surface area contributed by atoms with E-state index in [0.29, 0.717) is 21.6 Å². The third-order valence-corrected chi connectivity index (χ3v) is 6.56. The van der Waals surface area contributed by atoms with Crippen molar-refractivity contribution in [2.75, 3.05) is 0 Å². The van der Waals surface area contributed by atoms with Gasteiger partial charge in [0, 0.05) is 17.2 Å². The van der Waals surface area contributed by atoms with Crippen molar-refractivity contribution in [1.29, 1.82) is 0 Å². The normalized spacial score (nSPS) is 14.5. The number of hydrogen-bond acceptors (Lipinski definition) is 5. The van der Waals surface area contributed by atoms with Crippen LogP contribution in [0.5, 0.6) is 0 Å². The maximum Gasteiger partial charge on any atom is 0.291 e. The molecule has 0 N–H and O–H groups in total. The summed E-state index contributed by atoms with van der Waals surface area (Å²) < 4.78 is 27.6. The number of halogens is 3. The predicted octanol–water partition coefficient (Wildman–Crippen LogP) is 8.07. The molecule has 3 aromatic rings. The number of aromatic nitrogens is 4. The van der Waals surface area contributed by atoms with E-state index < -0.39 is 6.43 Å². The largest absolute Gasteiger partial charge is 0.296 e. The lowest BCUT2D eigenvalue weighted by Gasteiger charge is -2.07. The van der Waals surface area contributed by atoms with Crippen LogP contribution in [-0.2, 0) is 5.75 Å². The van der Waals surface area contributed by atoms with Gasteiger partial charge in [0.1, 0.15) is 0 Å². The SMILES string of the molecule is CC.CC.Cc1nc(-c2nnc(C(F)F)s2)n2c1C(Cl)=CC(SCc1ccccc1)C=C2. The molecule has 0 saturated heterocycles. The van der Waals surface area contributed by atoms with Gasteiger partial charge in [-0.25, -0.2) is 13.8 Å². The fourth-order valence-corrected chi connectivity index (χ4v) is 4.98. The molecule has 0 aliphatic carbocycles. The molecule has 9 heteroatoms. The monoisotopic (exact) mass is 496 g/mol. The molecule has 0 bridgehead atoms. The topological polar surface area (TPSA) is 43.6 Å². The Morgan fingerprint density at radius 1 is 1.12 bits per heavy atom. The van der Waals surface area contributed by atoms with Crippen LogP contribution in [0.2, 0.25) is 0 Å². The molecule has 0 saturated carbocycles. The molecule has 1 atom stereocenters. The lowest BCUT2D eigenvalue weighted by molar-refractivity contribution is 0.150.